The SMILES string of the molecule is COc1ccc(C2CC(c3ccc(Cl)cc3)=NN2C(=O)C2Cc3ccc(OCCC[Se]C#N)cc3OC2=O)cc1. The fourth-order valence-electron chi connectivity index (χ4n) is 4.70. The van der Waals surface area contributed by atoms with Crippen molar-refractivity contribution >= 4 is 44.1 Å². The number of fused-ring (bicyclic) bond motifs is 1. The zero-order chi connectivity index (χ0) is 28.1. The molecule has 40 heavy (non-hydrogen) atoms. The van der Waals surface area contributed by atoms with Gasteiger partial charge in [-0.1, -0.05) is 35.9 Å². The molecule has 1 amide bonds. The number of carbonyl (C=O) groups is 2. The first-order valence-corrected chi connectivity index (χ1v) is 15.2. The van der Waals surface area contributed by atoms with E-state index in [0.717, 1.165) is 34.1 Å². The van der Waals surface area contributed by atoms with Gasteiger partial charge in [0.2, 0.25) is 0 Å². The summed E-state index contributed by atoms with van der Waals surface area (Å²) >= 11 is 6.05. The van der Waals surface area contributed by atoms with Crippen molar-refractivity contribution in [3.63, 3.8) is 0 Å². The normalized spacial score (nSPS) is 17.9. The van der Waals surface area contributed by atoms with Crippen molar-refractivity contribution in [2.45, 2.75) is 30.6 Å². The average Bonchev–Trinajstić information content (AvgIpc) is 3.42. The molecule has 0 spiro atoms. The molecule has 2 atom stereocenters. The third-order valence-corrected chi connectivity index (χ3v) is 8.35. The summed E-state index contributed by atoms with van der Waals surface area (Å²) in [5.74, 6) is -0.377. The largest absolute Gasteiger partial charge is 0.0532 e. The molecule has 3 aromatic carbocycles. The van der Waals surface area contributed by atoms with Crippen LogP contribution in [-0.4, -0.2) is 51.3 Å². The quantitative estimate of drug-likeness (QED) is 0.107. The molecular weight excluding hydrogens is 597 g/mol. The van der Waals surface area contributed by atoms with Crippen LogP contribution < -0.4 is 14.2 Å². The molecule has 2 aliphatic rings. The third-order valence-electron chi connectivity index (χ3n) is 6.79. The molecule has 0 saturated heterocycles. The smallest absolute Gasteiger partial charge is 0.0196 e. The summed E-state index contributed by atoms with van der Waals surface area (Å²) in [6, 6.07) is 19.7. The van der Waals surface area contributed by atoms with Gasteiger partial charge in [-0.2, -0.15) is 5.10 Å². The first-order chi connectivity index (χ1) is 19.5. The van der Waals surface area contributed by atoms with E-state index in [0.29, 0.717) is 35.3 Å². The van der Waals surface area contributed by atoms with Crippen LogP contribution >= 0.6 is 11.6 Å². The van der Waals surface area contributed by atoms with E-state index in [1.807, 2.05) is 48.5 Å². The molecule has 2 aliphatic heterocycles. The number of amides is 1. The number of nitrogens with zero attached hydrogens (tertiary/aromatic N) is 3. The number of hydrogen-bond acceptors (Lipinski definition) is 7. The van der Waals surface area contributed by atoms with E-state index in [1.165, 1.54) is 5.01 Å². The molecule has 8 nitrogen and oxygen atoms in total. The van der Waals surface area contributed by atoms with Crippen LogP contribution in [0.1, 0.15) is 35.6 Å². The zero-order valence-corrected chi connectivity index (χ0v) is 24.2. The van der Waals surface area contributed by atoms with Crippen molar-refractivity contribution in [1.29, 1.82) is 5.26 Å². The van der Waals surface area contributed by atoms with Gasteiger partial charge < -0.3 is 4.74 Å². The Labute approximate surface area is 243 Å². The van der Waals surface area contributed by atoms with Gasteiger partial charge in [0.1, 0.15) is 5.75 Å². The summed E-state index contributed by atoms with van der Waals surface area (Å²) in [7, 11) is 1.60. The predicted octanol–water partition coefficient (Wildman–Crippen LogP) is 5.18. The first-order valence-electron chi connectivity index (χ1n) is 12.8. The van der Waals surface area contributed by atoms with Crippen LogP contribution in [-0.2, 0) is 16.0 Å². The molecule has 0 aromatic heterocycles. The van der Waals surface area contributed by atoms with E-state index >= 15 is 0 Å². The Morgan fingerprint density at radius 1 is 1.12 bits per heavy atom. The van der Waals surface area contributed by atoms with Crippen molar-refractivity contribution in [2.75, 3.05) is 13.7 Å². The molecule has 0 bridgehead atoms. The first kappa shape index (κ1) is 27.7. The Balaban J connectivity index is 1.36. The van der Waals surface area contributed by atoms with Gasteiger partial charge in [-0.05, 0) is 35.4 Å². The van der Waals surface area contributed by atoms with Crippen LogP contribution in [0.4, 0.5) is 0 Å². The van der Waals surface area contributed by atoms with Crippen LogP contribution in [0.15, 0.2) is 71.8 Å². The molecule has 5 rings (SSSR count). The maximum atomic E-state index is 13.9. The Morgan fingerprint density at radius 3 is 2.60 bits per heavy atom. The number of carbonyl (C=O) groups excluding carboxylic acids is 2. The van der Waals surface area contributed by atoms with Gasteiger partial charge in [0.15, 0.2) is 0 Å². The van der Waals surface area contributed by atoms with Crippen LogP contribution in [0.3, 0.4) is 0 Å². The topological polar surface area (TPSA) is 101 Å². The summed E-state index contributed by atoms with van der Waals surface area (Å²) in [6.07, 6.45) is 1.47. The number of nitriles is 1. The minimum absolute atomic E-state index is 0.0301. The van der Waals surface area contributed by atoms with E-state index in [9.17, 15) is 9.59 Å². The number of ether oxygens (including phenoxy) is 3. The number of esters is 1. The number of benzene rings is 3. The van der Waals surface area contributed by atoms with Gasteiger partial charge >= 0.3 is 127 Å². The fraction of sp³-hybridized carbons (Fsp3) is 0.267. The molecule has 10 heteroatoms. The van der Waals surface area contributed by atoms with Gasteiger partial charge in [-0.25, -0.2) is 0 Å². The standard InChI is InChI=1S/C30H26ClN3O5Se/c1-37-23-10-5-20(6-11-23)27-17-26(19-3-8-22(31)9-4-19)33-34(27)29(35)25-15-21-7-12-24(16-28(21)39-30(25)36)38-13-2-14-40-18-32/h3-12,16,25,27H,2,13-15,17H2,1H3. The van der Waals surface area contributed by atoms with Crippen molar-refractivity contribution in [3.05, 3.63) is 88.4 Å². The molecule has 0 N–H and O–H groups in total. The molecule has 0 saturated carbocycles. The predicted molar refractivity (Wildman–Crippen MR) is 151 cm³/mol. The number of hydrazone groups is 1. The van der Waals surface area contributed by atoms with Gasteiger partial charge in [-0.15, -0.1) is 0 Å². The van der Waals surface area contributed by atoms with Crippen molar-refractivity contribution in [3.8, 4) is 22.2 Å². The van der Waals surface area contributed by atoms with Crippen molar-refractivity contribution < 1.29 is 23.8 Å². The molecule has 0 aliphatic carbocycles. The number of halogens is 1. The van der Waals surface area contributed by atoms with E-state index in [2.05, 4.69) is 4.97 Å². The van der Waals surface area contributed by atoms with Gasteiger partial charge in [0.05, 0.1) is 18.9 Å². The Bertz CT molecular complexity index is 1470. The molecule has 204 valence electrons. The second-order valence-corrected chi connectivity index (χ2v) is 11.6. The van der Waals surface area contributed by atoms with E-state index in [-0.39, 0.29) is 21.4 Å². The zero-order valence-electron chi connectivity index (χ0n) is 21.7. The molecular formula is C30H26ClN3O5Se. The summed E-state index contributed by atoms with van der Waals surface area (Å²) in [5, 5.41) is 16.2. The number of hydrogen-bond donors (Lipinski definition) is 0. The molecule has 3 aromatic rings. The molecule has 2 heterocycles. The van der Waals surface area contributed by atoms with E-state index in [1.54, 1.807) is 25.3 Å². The molecule has 0 fully saturated rings. The number of methoxy groups -OCH3 is 1. The minimum Gasteiger partial charge on any atom is -0.0532 e. The maximum absolute atomic E-state index is 13.9. The van der Waals surface area contributed by atoms with E-state index in [4.69, 9.17) is 36.2 Å². The van der Waals surface area contributed by atoms with Crippen LogP contribution in [0.5, 0.6) is 17.2 Å². The second kappa shape index (κ2) is 12.6. The third kappa shape index (κ3) is 6.15. The van der Waals surface area contributed by atoms with Crippen molar-refractivity contribution in [2.24, 2.45) is 11.0 Å². The number of rotatable bonds is 9. The van der Waals surface area contributed by atoms with Gasteiger partial charge in [0, 0.05) is 11.4 Å². The van der Waals surface area contributed by atoms with E-state index < -0.39 is 23.8 Å². The fourth-order valence-corrected chi connectivity index (χ4v) is 5.57. The van der Waals surface area contributed by atoms with Crippen LogP contribution in [0.2, 0.25) is 10.3 Å². The summed E-state index contributed by atoms with van der Waals surface area (Å²) in [4.78, 5) is 29.2. The second-order valence-electron chi connectivity index (χ2n) is 9.32. The van der Waals surface area contributed by atoms with Gasteiger partial charge in [0.25, 0.3) is 0 Å². The van der Waals surface area contributed by atoms with Crippen LogP contribution in [0, 0.1) is 16.1 Å². The Morgan fingerprint density at radius 2 is 1.88 bits per heavy atom. The monoisotopic (exact) mass is 623 g/mol. The summed E-state index contributed by atoms with van der Waals surface area (Å²) in [5.41, 5.74) is 3.22. The minimum atomic E-state index is -1.03. The molecule has 2 unspecified atom stereocenters. The molecule has 0 radical (unpaired) electrons. The Kier molecular flexibility index (Phi) is 8.71. The van der Waals surface area contributed by atoms with Gasteiger partial charge in [-0.3, -0.25) is 0 Å². The van der Waals surface area contributed by atoms with Crippen molar-refractivity contribution in [1.82, 2.24) is 5.01 Å². The average molecular weight is 623 g/mol. The maximum Gasteiger partial charge on any atom is -0.0196 e. The summed E-state index contributed by atoms with van der Waals surface area (Å²) < 4.78 is 16.7. The summed E-state index contributed by atoms with van der Waals surface area (Å²) in [6.45, 7) is 0.479. The Hall–Kier alpha value is -3.83. The van der Waals surface area contributed by atoms with Crippen LogP contribution in [0.25, 0.3) is 0 Å².